The second-order valence-electron chi connectivity index (χ2n) is 4.76. The Morgan fingerprint density at radius 1 is 1.06 bits per heavy atom. The molecular weight excluding hydrogens is 242 g/mol. The Labute approximate surface area is 112 Å². The lowest BCUT2D eigenvalue weighted by Gasteiger charge is -2.03. The van der Waals surface area contributed by atoms with Crippen LogP contribution < -0.4 is 4.87 Å². The molecule has 0 unspecified atom stereocenters. The van der Waals surface area contributed by atoms with Gasteiger partial charge in [-0.1, -0.05) is 62.5 Å². The maximum Gasteiger partial charge on any atom is 0.308 e. The average Bonchev–Trinajstić information content (AvgIpc) is 2.70. The Morgan fingerprint density at radius 2 is 1.78 bits per heavy atom. The summed E-state index contributed by atoms with van der Waals surface area (Å²) < 4.78 is 3.04. The van der Waals surface area contributed by atoms with Crippen molar-refractivity contribution >= 4 is 21.6 Å². The number of rotatable bonds is 7. The molecule has 0 bridgehead atoms. The molecule has 18 heavy (non-hydrogen) atoms. The Morgan fingerprint density at radius 3 is 2.61 bits per heavy atom. The predicted octanol–water partition coefficient (Wildman–Crippen LogP) is 4.42. The lowest BCUT2D eigenvalue weighted by atomic mass is 10.1. The molecule has 0 N–H and O–H groups in total. The van der Waals surface area contributed by atoms with E-state index >= 15 is 0 Å². The number of thiazole rings is 1. The van der Waals surface area contributed by atoms with Crippen LogP contribution in [-0.4, -0.2) is 4.57 Å². The third-order valence-electron chi connectivity index (χ3n) is 3.31. The molecule has 0 atom stereocenters. The molecule has 2 rings (SSSR count). The van der Waals surface area contributed by atoms with E-state index in [2.05, 4.69) is 6.92 Å². The van der Waals surface area contributed by atoms with Crippen LogP contribution in [0.2, 0.25) is 0 Å². The minimum atomic E-state index is 0.185. The van der Waals surface area contributed by atoms with Gasteiger partial charge in [0.2, 0.25) is 0 Å². The third kappa shape index (κ3) is 3.22. The van der Waals surface area contributed by atoms with Crippen molar-refractivity contribution in [3.05, 3.63) is 33.9 Å². The van der Waals surface area contributed by atoms with E-state index in [0.29, 0.717) is 0 Å². The standard InChI is InChI=1S/C15H21NOS/c1-2-3-4-5-6-9-12-16-13-10-7-8-11-14(13)18-15(16)17/h7-8,10-11H,2-6,9,12H2,1H3. The van der Waals surface area contributed by atoms with Crippen molar-refractivity contribution in [1.29, 1.82) is 0 Å². The Hall–Kier alpha value is -1.09. The molecule has 0 aliphatic carbocycles. The molecule has 3 heteroatoms. The molecule has 1 heterocycles. The first-order valence-electron chi connectivity index (χ1n) is 6.91. The second kappa shape index (κ2) is 6.74. The molecule has 0 radical (unpaired) electrons. The van der Waals surface area contributed by atoms with E-state index < -0.39 is 0 Å². The Bertz CT molecular complexity index is 541. The molecule has 1 aromatic heterocycles. The number of aromatic nitrogens is 1. The highest BCUT2D eigenvalue weighted by Gasteiger charge is 2.05. The minimum Gasteiger partial charge on any atom is -0.299 e. The van der Waals surface area contributed by atoms with E-state index in [-0.39, 0.29) is 4.87 Å². The van der Waals surface area contributed by atoms with Gasteiger partial charge in [-0.15, -0.1) is 0 Å². The minimum absolute atomic E-state index is 0.185. The van der Waals surface area contributed by atoms with Crippen LogP contribution in [0.1, 0.15) is 45.4 Å². The second-order valence-corrected chi connectivity index (χ2v) is 5.75. The average molecular weight is 263 g/mol. The number of aryl methyl sites for hydroxylation is 1. The summed E-state index contributed by atoms with van der Waals surface area (Å²) in [6.07, 6.45) is 7.59. The van der Waals surface area contributed by atoms with Gasteiger partial charge >= 0.3 is 4.87 Å². The van der Waals surface area contributed by atoms with E-state index in [0.717, 1.165) is 23.2 Å². The fourth-order valence-electron chi connectivity index (χ4n) is 2.28. The van der Waals surface area contributed by atoms with Crippen LogP contribution in [0.15, 0.2) is 29.1 Å². The van der Waals surface area contributed by atoms with Gasteiger partial charge in [0.25, 0.3) is 0 Å². The number of hydrogen-bond donors (Lipinski definition) is 0. The van der Waals surface area contributed by atoms with E-state index in [9.17, 15) is 4.79 Å². The molecule has 0 amide bonds. The normalized spacial score (nSPS) is 11.2. The highest BCUT2D eigenvalue weighted by molar-refractivity contribution is 7.16. The summed E-state index contributed by atoms with van der Waals surface area (Å²) in [4.78, 5) is 12.1. The molecule has 1 aromatic carbocycles. The molecule has 0 saturated carbocycles. The zero-order valence-corrected chi connectivity index (χ0v) is 11.8. The SMILES string of the molecule is CCCCCCCCn1c(=O)sc2ccccc21. The summed E-state index contributed by atoms with van der Waals surface area (Å²) in [5.41, 5.74) is 1.10. The first-order chi connectivity index (χ1) is 8.83. The summed E-state index contributed by atoms with van der Waals surface area (Å²) in [6.45, 7) is 3.10. The number of fused-ring (bicyclic) bond motifs is 1. The van der Waals surface area contributed by atoms with E-state index in [4.69, 9.17) is 0 Å². The number of unbranched alkanes of at least 4 members (excludes halogenated alkanes) is 5. The predicted molar refractivity (Wildman–Crippen MR) is 79.5 cm³/mol. The maximum absolute atomic E-state index is 11.9. The lowest BCUT2D eigenvalue weighted by Crippen LogP contribution is -2.12. The van der Waals surface area contributed by atoms with Crippen LogP contribution >= 0.6 is 11.3 Å². The van der Waals surface area contributed by atoms with Gasteiger partial charge in [-0.05, 0) is 18.6 Å². The van der Waals surface area contributed by atoms with Crippen molar-refractivity contribution in [2.45, 2.75) is 52.0 Å². The van der Waals surface area contributed by atoms with Gasteiger partial charge < -0.3 is 0 Å². The summed E-state index contributed by atoms with van der Waals surface area (Å²) in [5.74, 6) is 0. The number of benzene rings is 1. The van der Waals surface area contributed by atoms with E-state index in [1.165, 1.54) is 43.4 Å². The van der Waals surface area contributed by atoms with Crippen LogP contribution in [0.3, 0.4) is 0 Å². The quantitative estimate of drug-likeness (QED) is 0.678. The van der Waals surface area contributed by atoms with Crippen LogP contribution in [0.5, 0.6) is 0 Å². The van der Waals surface area contributed by atoms with Crippen LogP contribution in [-0.2, 0) is 6.54 Å². The van der Waals surface area contributed by atoms with Crippen molar-refractivity contribution in [3.8, 4) is 0 Å². The van der Waals surface area contributed by atoms with Gasteiger partial charge in [0.15, 0.2) is 0 Å². The van der Waals surface area contributed by atoms with Gasteiger partial charge in [-0.25, -0.2) is 0 Å². The fraction of sp³-hybridized carbons (Fsp3) is 0.533. The summed E-state index contributed by atoms with van der Waals surface area (Å²) >= 11 is 1.36. The van der Waals surface area contributed by atoms with Gasteiger partial charge in [-0.3, -0.25) is 9.36 Å². The first-order valence-corrected chi connectivity index (χ1v) is 7.73. The number of nitrogens with zero attached hydrogens (tertiary/aromatic N) is 1. The smallest absolute Gasteiger partial charge is 0.299 e. The molecular formula is C15H21NOS. The van der Waals surface area contributed by atoms with Gasteiger partial charge in [0.1, 0.15) is 0 Å². The van der Waals surface area contributed by atoms with Crippen molar-refractivity contribution < 1.29 is 0 Å². The molecule has 0 fully saturated rings. The molecule has 0 saturated heterocycles. The van der Waals surface area contributed by atoms with E-state index in [1.54, 1.807) is 0 Å². The fourth-order valence-corrected chi connectivity index (χ4v) is 3.19. The summed E-state index contributed by atoms with van der Waals surface area (Å²) in [7, 11) is 0. The van der Waals surface area contributed by atoms with Gasteiger partial charge in [-0.2, -0.15) is 0 Å². The molecule has 2 aromatic rings. The van der Waals surface area contributed by atoms with Crippen LogP contribution in [0.25, 0.3) is 10.2 Å². The number of para-hydroxylation sites is 1. The summed E-state index contributed by atoms with van der Waals surface area (Å²) in [6, 6.07) is 8.07. The molecule has 98 valence electrons. The molecule has 2 nitrogen and oxygen atoms in total. The van der Waals surface area contributed by atoms with Gasteiger partial charge in [0.05, 0.1) is 10.2 Å². The topological polar surface area (TPSA) is 22.0 Å². The summed E-state index contributed by atoms with van der Waals surface area (Å²) in [5, 5.41) is 0. The Kier molecular flexibility index (Phi) is 5.00. The van der Waals surface area contributed by atoms with Gasteiger partial charge in [0, 0.05) is 6.54 Å². The third-order valence-corrected chi connectivity index (χ3v) is 4.27. The van der Waals surface area contributed by atoms with E-state index in [1.807, 2.05) is 28.8 Å². The molecule has 0 aliphatic rings. The largest absolute Gasteiger partial charge is 0.308 e. The zero-order valence-electron chi connectivity index (χ0n) is 11.0. The highest BCUT2D eigenvalue weighted by atomic mass is 32.1. The monoisotopic (exact) mass is 263 g/mol. The number of hydrogen-bond acceptors (Lipinski definition) is 2. The lowest BCUT2D eigenvalue weighted by molar-refractivity contribution is 0.562. The maximum atomic E-state index is 11.9. The highest BCUT2D eigenvalue weighted by Crippen LogP contribution is 2.17. The first kappa shape index (κ1) is 13.3. The zero-order chi connectivity index (χ0) is 12.8. The molecule has 0 aliphatic heterocycles. The van der Waals surface area contributed by atoms with Crippen molar-refractivity contribution in [1.82, 2.24) is 4.57 Å². The van der Waals surface area contributed by atoms with Crippen LogP contribution in [0, 0.1) is 0 Å². The van der Waals surface area contributed by atoms with Crippen molar-refractivity contribution in [2.75, 3.05) is 0 Å². The van der Waals surface area contributed by atoms with Crippen molar-refractivity contribution in [2.24, 2.45) is 0 Å². The van der Waals surface area contributed by atoms with Crippen LogP contribution in [0.4, 0.5) is 0 Å². The molecule has 0 spiro atoms. The van der Waals surface area contributed by atoms with Crippen molar-refractivity contribution in [3.63, 3.8) is 0 Å². The Balaban J connectivity index is 1.91.